The van der Waals surface area contributed by atoms with Crippen molar-refractivity contribution >= 4 is 17.7 Å². The molecule has 0 aliphatic heterocycles. The number of nitrogens with one attached hydrogen (secondary N) is 1. The second-order valence-corrected chi connectivity index (χ2v) is 7.70. The fourth-order valence-corrected chi connectivity index (χ4v) is 4.07. The van der Waals surface area contributed by atoms with Crippen molar-refractivity contribution in [3.63, 3.8) is 0 Å². The first-order chi connectivity index (χ1) is 14.3. The summed E-state index contributed by atoms with van der Waals surface area (Å²) in [6.07, 6.45) is 0. The largest absolute Gasteiger partial charge is 0.507 e. The van der Waals surface area contributed by atoms with E-state index in [1.54, 1.807) is 19.9 Å². The van der Waals surface area contributed by atoms with E-state index in [2.05, 4.69) is 25.6 Å². The van der Waals surface area contributed by atoms with E-state index in [4.69, 9.17) is 13.8 Å². The lowest BCUT2D eigenvalue weighted by Gasteiger charge is -2.17. The molecule has 0 aliphatic carbocycles. The third kappa shape index (κ3) is 4.73. The highest BCUT2D eigenvalue weighted by Crippen LogP contribution is 2.40. The van der Waals surface area contributed by atoms with Gasteiger partial charge in [-0.2, -0.15) is 21.7 Å². The average molecular weight is 433 g/mol. The summed E-state index contributed by atoms with van der Waals surface area (Å²) < 4.78 is 15.9. The smallest absolute Gasteiger partial charge is 0.258 e. The van der Waals surface area contributed by atoms with Gasteiger partial charge in [0.05, 0.1) is 12.7 Å². The summed E-state index contributed by atoms with van der Waals surface area (Å²) in [7, 11) is 1.53. The topological polar surface area (TPSA) is 136 Å². The Balaban J connectivity index is 1.86. The molecule has 160 valence electrons. The molecule has 0 bridgehead atoms. The van der Waals surface area contributed by atoms with Gasteiger partial charge in [-0.3, -0.25) is 4.79 Å². The van der Waals surface area contributed by atoms with Gasteiger partial charge in [-0.25, -0.2) is 0 Å². The Kier molecular flexibility index (Phi) is 6.60. The second kappa shape index (κ2) is 9.16. The van der Waals surface area contributed by atoms with E-state index in [1.807, 2.05) is 6.92 Å². The molecule has 3 aromatic rings. The van der Waals surface area contributed by atoms with Crippen molar-refractivity contribution in [2.24, 2.45) is 0 Å². The average Bonchev–Trinajstić information content (AvgIpc) is 3.31. The number of carbonyl (C=O) groups is 1. The van der Waals surface area contributed by atoms with Gasteiger partial charge in [0.25, 0.3) is 5.89 Å². The molecule has 0 spiro atoms. The number of phenols is 1. The van der Waals surface area contributed by atoms with Crippen LogP contribution < -0.4 is 10.1 Å². The Bertz CT molecular complexity index is 1050. The number of methoxy groups -OCH3 is 1. The third-order valence-corrected chi connectivity index (χ3v) is 5.40. The van der Waals surface area contributed by atoms with Crippen LogP contribution in [0.3, 0.4) is 0 Å². The van der Waals surface area contributed by atoms with Crippen LogP contribution in [0.4, 0.5) is 0 Å². The monoisotopic (exact) mass is 433 g/mol. The zero-order chi connectivity index (χ0) is 21.8. The van der Waals surface area contributed by atoms with Gasteiger partial charge in [-0.05, 0) is 20.8 Å². The molecule has 0 radical (unpaired) electrons. The maximum absolute atomic E-state index is 11.6. The van der Waals surface area contributed by atoms with E-state index in [0.717, 1.165) is 5.56 Å². The van der Waals surface area contributed by atoms with Gasteiger partial charge >= 0.3 is 0 Å². The number of hydrogen-bond donors (Lipinski definition) is 2. The number of benzene rings is 1. The van der Waals surface area contributed by atoms with Gasteiger partial charge in [-0.15, -0.1) is 0 Å². The number of nitrogens with zero attached hydrogens (tertiary/aromatic N) is 4. The number of ether oxygens (including phenoxy) is 1. The molecule has 0 fully saturated rings. The number of thioether (sulfide) groups is 1. The summed E-state index contributed by atoms with van der Waals surface area (Å²) in [6.45, 7) is 6.72. The maximum Gasteiger partial charge on any atom is 0.258 e. The number of aromatic hydroxyl groups is 1. The second-order valence-electron chi connectivity index (χ2n) is 6.67. The highest BCUT2D eigenvalue weighted by atomic mass is 32.2. The van der Waals surface area contributed by atoms with Gasteiger partial charge in [0.15, 0.2) is 11.6 Å². The van der Waals surface area contributed by atoms with Crippen molar-refractivity contribution in [3.05, 3.63) is 34.7 Å². The van der Waals surface area contributed by atoms with Crippen molar-refractivity contribution in [2.45, 2.75) is 39.5 Å². The SMILES string of the molecule is COc1cc(O)c(CSCC(NC(C)=O)c2nc(C)no2)c(-c2nc(C)no2)c1C. The van der Waals surface area contributed by atoms with E-state index in [1.165, 1.54) is 25.8 Å². The normalized spacial score (nSPS) is 12.0. The van der Waals surface area contributed by atoms with Crippen LogP contribution in [-0.4, -0.2) is 44.2 Å². The molecule has 0 aliphatic rings. The van der Waals surface area contributed by atoms with Gasteiger partial charge in [0.2, 0.25) is 11.8 Å². The third-order valence-electron chi connectivity index (χ3n) is 4.33. The molecule has 11 heteroatoms. The predicted molar refractivity (Wildman–Crippen MR) is 109 cm³/mol. The Morgan fingerprint density at radius 2 is 1.93 bits per heavy atom. The van der Waals surface area contributed by atoms with Gasteiger partial charge in [0, 0.05) is 35.6 Å². The van der Waals surface area contributed by atoms with Gasteiger partial charge in [0.1, 0.15) is 17.5 Å². The van der Waals surface area contributed by atoms with Crippen LogP contribution in [0.1, 0.15) is 41.6 Å². The maximum atomic E-state index is 11.6. The lowest BCUT2D eigenvalue weighted by molar-refractivity contribution is -0.119. The predicted octanol–water partition coefficient (Wildman–Crippen LogP) is 2.87. The standard InChI is InChI=1S/C19H23N5O5S/c1-9-16(27-5)6-15(26)13(17(9)19-21-11(3)24-29-19)7-30-8-14(22-12(4)25)18-20-10(2)23-28-18/h6,14,26H,7-8H2,1-5H3,(H,22,25). The molecular formula is C19H23N5O5S. The number of aryl methyl sites for hydroxylation is 2. The molecular weight excluding hydrogens is 410 g/mol. The minimum Gasteiger partial charge on any atom is -0.507 e. The van der Waals surface area contributed by atoms with Crippen molar-refractivity contribution in [3.8, 4) is 23.0 Å². The molecule has 1 unspecified atom stereocenters. The lowest BCUT2D eigenvalue weighted by atomic mass is 10.0. The fourth-order valence-electron chi connectivity index (χ4n) is 3.00. The van der Waals surface area contributed by atoms with Gasteiger partial charge < -0.3 is 24.2 Å². The molecule has 0 saturated heterocycles. The van der Waals surface area contributed by atoms with E-state index < -0.39 is 6.04 Å². The number of rotatable bonds is 8. The molecule has 1 aromatic carbocycles. The summed E-state index contributed by atoms with van der Waals surface area (Å²) in [6, 6.07) is 1.11. The first kappa shape index (κ1) is 21.6. The quantitative estimate of drug-likeness (QED) is 0.545. The summed E-state index contributed by atoms with van der Waals surface area (Å²) in [5.41, 5.74) is 2.04. The first-order valence-corrected chi connectivity index (χ1v) is 10.3. The number of amides is 1. The Morgan fingerprint density at radius 1 is 1.23 bits per heavy atom. The summed E-state index contributed by atoms with van der Waals surface area (Å²) in [4.78, 5) is 20.1. The molecule has 2 aromatic heterocycles. The van der Waals surface area contributed by atoms with Crippen LogP contribution in [0, 0.1) is 20.8 Å². The molecule has 0 saturated carbocycles. The van der Waals surface area contributed by atoms with Crippen LogP contribution in [0.2, 0.25) is 0 Å². The number of hydrogen-bond acceptors (Lipinski definition) is 10. The van der Waals surface area contributed by atoms with Crippen molar-refractivity contribution in [2.75, 3.05) is 12.9 Å². The molecule has 1 atom stereocenters. The number of aromatic nitrogens is 4. The molecule has 1 amide bonds. The molecule has 2 N–H and O–H groups in total. The van der Waals surface area contributed by atoms with Crippen LogP contribution >= 0.6 is 11.8 Å². The van der Waals surface area contributed by atoms with Gasteiger partial charge in [-0.1, -0.05) is 10.3 Å². The zero-order valence-corrected chi connectivity index (χ0v) is 18.2. The first-order valence-electron chi connectivity index (χ1n) is 9.15. The summed E-state index contributed by atoms with van der Waals surface area (Å²) >= 11 is 1.48. The molecule has 2 heterocycles. The van der Waals surface area contributed by atoms with E-state index in [9.17, 15) is 9.90 Å². The fraction of sp³-hybridized carbons (Fsp3) is 0.421. The van der Waals surface area contributed by atoms with Crippen molar-refractivity contribution in [1.29, 1.82) is 0 Å². The van der Waals surface area contributed by atoms with E-state index >= 15 is 0 Å². The molecule has 10 nitrogen and oxygen atoms in total. The Morgan fingerprint density at radius 3 is 2.50 bits per heavy atom. The van der Waals surface area contributed by atoms with Crippen molar-refractivity contribution in [1.82, 2.24) is 25.6 Å². The summed E-state index contributed by atoms with van der Waals surface area (Å²) in [5, 5.41) is 21.1. The Hall–Kier alpha value is -3.08. The Labute approximate surface area is 177 Å². The van der Waals surface area contributed by atoms with Crippen molar-refractivity contribution < 1.29 is 23.7 Å². The summed E-state index contributed by atoms with van der Waals surface area (Å²) in [5.74, 6) is 2.85. The minimum absolute atomic E-state index is 0.0560. The lowest BCUT2D eigenvalue weighted by Crippen LogP contribution is -2.28. The van der Waals surface area contributed by atoms with E-state index in [0.29, 0.717) is 51.8 Å². The minimum atomic E-state index is -0.454. The molecule has 30 heavy (non-hydrogen) atoms. The highest BCUT2D eigenvalue weighted by molar-refractivity contribution is 7.98. The van der Waals surface area contributed by atoms with Crippen LogP contribution in [0.25, 0.3) is 11.5 Å². The van der Waals surface area contributed by atoms with E-state index in [-0.39, 0.29) is 11.7 Å². The van der Waals surface area contributed by atoms with Crippen LogP contribution in [0.15, 0.2) is 15.1 Å². The number of phenolic OH excluding ortho intramolecular Hbond substituents is 1. The van der Waals surface area contributed by atoms with Crippen LogP contribution in [-0.2, 0) is 10.5 Å². The highest BCUT2D eigenvalue weighted by Gasteiger charge is 2.24. The molecule has 3 rings (SSSR count). The zero-order valence-electron chi connectivity index (χ0n) is 17.3. The van der Waals surface area contributed by atoms with Crippen LogP contribution in [0.5, 0.6) is 11.5 Å². The number of carbonyl (C=O) groups excluding carboxylic acids is 1.